The lowest BCUT2D eigenvalue weighted by atomic mass is 9.95. The Morgan fingerprint density at radius 1 is 1.05 bits per heavy atom. The molecule has 0 bridgehead atoms. The highest BCUT2D eigenvalue weighted by molar-refractivity contribution is 5.81. The molecule has 0 unspecified atom stereocenters. The summed E-state index contributed by atoms with van der Waals surface area (Å²) in [7, 11) is 0. The summed E-state index contributed by atoms with van der Waals surface area (Å²) in [5.41, 5.74) is 6.65. The number of likely N-dealkylation sites (tertiary alicyclic amines) is 1. The third-order valence-corrected chi connectivity index (χ3v) is 7.50. The minimum atomic E-state index is -0.0431. The topological polar surface area (TPSA) is 80.3 Å². The number of rotatable bonds is 11. The van der Waals surface area contributed by atoms with Gasteiger partial charge in [-0.25, -0.2) is 0 Å². The van der Waals surface area contributed by atoms with Crippen LogP contribution in [0.25, 0.3) is 23.3 Å². The molecule has 3 aromatic rings. The summed E-state index contributed by atoms with van der Waals surface area (Å²) < 4.78 is 6.28. The van der Waals surface area contributed by atoms with Crippen LogP contribution in [-0.2, 0) is 6.54 Å². The number of aliphatic hydroxyl groups excluding tert-OH is 1. The van der Waals surface area contributed by atoms with Gasteiger partial charge in [0.05, 0.1) is 24.3 Å². The Morgan fingerprint density at radius 3 is 2.60 bits per heavy atom. The quantitative estimate of drug-likeness (QED) is 0.153. The number of nitriles is 2. The van der Waals surface area contributed by atoms with Crippen molar-refractivity contribution < 1.29 is 9.84 Å². The average molecular weight is 532 g/mol. The molecule has 5 nitrogen and oxygen atoms in total. The van der Waals surface area contributed by atoms with Crippen molar-refractivity contribution in [2.45, 2.75) is 58.0 Å². The molecule has 4 rings (SSSR count). The van der Waals surface area contributed by atoms with Gasteiger partial charge in [0.2, 0.25) is 0 Å². The van der Waals surface area contributed by atoms with Gasteiger partial charge in [0.15, 0.2) is 0 Å². The molecular weight excluding hydrogens is 494 g/mol. The Bertz CT molecular complexity index is 1430. The van der Waals surface area contributed by atoms with E-state index in [4.69, 9.17) is 10.00 Å². The number of nitrogens with zero attached hydrogens (tertiary/aromatic N) is 3. The molecule has 1 N–H and O–H groups in total. The molecule has 1 atom stereocenters. The van der Waals surface area contributed by atoms with Gasteiger partial charge in [-0.1, -0.05) is 79.7 Å². The summed E-state index contributed by atoms with van der Waals surface area (Å²) in [6.45, 7) is 8.01. The van der Waals surface area contributed by atoms with E-state index < -0.39 is 0 Å². The summed E-state index contributed by atoms with van der Waals surface area (Å²) in [5.74, 6) is 1.04. The fraction of sp³-hybridized carbons (Fsp3) is 0.314. The van der Waals surface area contributed by atoms with Crippen LogP contribution in [0.2, 0.25) is 0 Å². The molecule has 0 radical (unpaired) electrons. The summed E-state index contributed by atoms with van der Waals surface area (Å²) in [6, 6.07) is 24.7. The molecule has 0 aliphatic carbocycles. The fourth-order valence-electron chi connectivity index (χ4n) is 5.34. The van der Waals surface area contributed by atoms with Gasteiger partial charge in [-0.15, -0.1) is 0 Å². The molecule has 204 valence electrons. The maximum absolute atomic E-state index is 10.2. The van der Waals surface area contributed by atoms with Crippen molar-refractivity contribution in [2.24, 2.45) is 0 Å². The van der Waals surface area contributed by atoms with E-state index in [0.717, 1.165) is 77.8 Å². The first-order chi connectivity index (χ1) is 19.5. The summed E-state index contributed by atoms with van der Waals surface area (Å²) in [5, 5.41) is 29.1. The van der Waals surface area contributed by atoms with Crippen molar-refractivity contribution in [1.82, 2.24) is 4.90 Å². The van der Waals surface area contributed by atoms with Gasteiger partial charge in [0.25, 0.3) is 0 Å². The van der Waals surface area contributed by atoms with E-state index in [-0.39, 0.29) is 11.8 Å². The first kappa shape index (κ1) is 28.7. The lowest BCUT2D eigenvalue weighted by Gasteiger charge is -2.35. The summed E-state index contributed by atoms with van der Waals surface area (Å²) in [6.07, 6.45) is 9.27. The molecule has 1 aliphatic heterocycles. The van der Waals surface area contributed by atoms with E-state index in [1.807, 2.05) is 60.7 Å². The van der Waals surface area contributed by atoms with Gasteiger partial charge >= 0.3 is 0 Å². The molecule has 1 saturated heterocycles. The lowest BCUT2D eigenvalue weighted by Crippen LogP contribution is -2.40. The zero-order chi connectivity index (χ0) is 28.3. The Kier molecular flexibility index (Phi) is 10.2. The molecule has 1 heterocycles. The predicted octanol–water partition coefficient (Wildman–Crippen LogP) is 8.20. The second-order valence-corrected chi connectivity index (χ2v) is 10.3. The van der Waals surface area contributed by atoms with Crippen LogP contribution in [0, 0.1) is 29.6 Å². The minimum absolute atomic E-state index is 0.0431. The normalized spacial score (nSPS) is 15.4. The molecule has 0 amide bonds. The van der Waals surface area contributed by atoms with Gasteiger partial charge in [-0.05, 0) is 67.5 Å². The van der Waals surface area contributed by atoms with Crippen LogP contribution in [0.15, 0.2) is 73.0 Å². The van der Waals surface area contributed by atoms with Crippen LogP contribution < -0.4 is 4.74 Å². The Labute approximate surface area is 238 Å². The minimum Gasteiger partial charge on any atom is -0.511 e. The largest absolute Gasteiger partial charge is 0.511 e. The summed E-state index contributed by atoms with van der Waals surface area (Å²) >= 11 is 0. The first-order valence-electron chi connectivity index (χ1n) is 14.0. The van der Waals surface area contributed by atoms with Crippen LogP contribution in [-0.4, -0.2) is 29.2 Å². The van der Waals surface area contributed by atoms with E-state index in [1.165, 1.54) is 0 Å². The second-order valence-electron chi connectivity index (χ2n) is 10.3. The van der Waals surface area contributed by atoms with E-state index in [9.17, 15) is 10.4 Å². The van der Waals surface area contributed by atoms with Crippen LogP contribution in [0.5, 0.6) is 5.75 Å². The standard InChI is InChI=1S/C35H37N3O2/c1-26-22-31(25-38-20-9-7-16-34(38)27(2)39)35(40-21-10-4-8-19-36)23-30(26)18-17-29-14-11-15-32(33(29)24-37)28-12-5-3-6-13-28/h3,5-6,11-15,17-18,22-23,34,39H,2,4,7-10,16,20-21,25H2,1H3/b18-17+/t34-/m0/s1. The third-order valence-electron chi connectivity index (χ3n) is 7.50. The van der Waals surface area contributed by atoms with Crippen LogP contribution in [0.3, 0.4) is 0 Å². The van der Waals surface area contributed by atoms with Gasteiger partial charge in [0.1, 0.15) is 17.6 Å². The van der Waals surface area contributed by atoms with Crippen LogP contribution >= 0.6 is 0 Å². The molecule has 0 spiro atoms. The highest BCUT2D eigenvalue weighted by atomic mass is 16.5. The van der Waals surface area contributed by atoms with Gasteiger partial charge in [-0.2, -0.15) is 10.5 Å². The van der Waals surface area contributed by atoms with Crippen molar-refractivity contribution in [1.29, 1.82) is 10.5 Å². The molecule has 1 fully saturated rings. The van der Waals surface area contributed by atoms with Crippen LogP contribution in [0.4, 0.5) is 0 Å². The van der Waals surface area contributed by atoms with Crippen molar-refractivity contribution in [2.75, 3.05) is 13.2 Å². The fourth-order valence-corrected chi connectivity index (χ4v) is 5.34. The van der Waals surface area contributed by atoms with E-state index in [2.05, 4.69) is 42.7 Å². The lowest BCUT2D eigenvalue weighted by molar-refractivity contribution is 0.126. The molecular formula is C35H37N3O2. The number of piperidine rings is 1. The van der Waals surface area contributed by atoms with Crippen LogP contribution in [0.1, 0.15) is 66.3 Å². The SMILES string of the molecule is C=C(O)[C@@H]1CCCCN1Cc1cc(C)c(/C=C/c2cccc(-c3ccccc3)c2C#N)cc1OCCCCC#N. The Balaban J connectivity index is 1.64. The Hall–Kier alpha value is -4.32. The van der Waals surface area contributed by atoms with E-state index >= 15 is 0 Å². The number of aliphatic hydroxyl groups is 1. The smallest absolute Gasteiger partial charge is 0.124 e. The summed E-state index contributed by atoms with van der Waals surface area (Å²) in [4.78, 5) is 2.28. The van der Waals surface area contributed by atoms with Crippen molar-refractivity contribution in [3.05, 3.63) is 101 Å². The van der Waals surface area contributed by atoms with Gasteiger partial charge < -0.3 is 9.84 Å². The number of unbranched alkanes of at least 4 members (excludes halogenated alkanes) is 2. The Morgan fingerprint density at radius 2 is 1.85 bits per heavy atom. The molecule has 1 aliphatic rings. The molecule has 0 aromatic heterocycles. The number of aryl methyl sites for hydroxylation is 1. The molecule has 40 heavy (non-hydrogen) atoms. The predicted molar refractivity (Wildman–Crippen MR) is 161 cm³/mol. The molecule has 5 heteroatoms. The number of benzene rings is 3. The number of hydrogen-bond acceptors (Lipinski definition) is 5. The zero-order valence-corrected chi connectivity index (χ0v) is 23.3. The maximum atomic E-state index is 10.2. The first-order valence-corrected chi connectivity index (χ1v) is 14.0. The van der Waals surface area contributed by atoms with Gasteiger partial charge in [-0.3, -0.25) is 4.90 Å². The van der Waals surface area contributed by atoms with E-state index in [1.54, 1.807) is 0 Å². The zero-order valence-electron chi connectivity index (χ0n) is 23.3. The second kappa shape index (κ2) is 14.2. The van der Waals surface area contributed by atoms with Crippen molar-refractivity contribution >= 4 is 12.2 Å². The monoisotopic (exact) mass is 531 g/mol. The van der Waals surface area contributed by atoms with Crippen molar-refractivity contribution in [3.63, 3.8) is 0 Å². The highest BCUT2D eigenvalue weighted by Crippen LogP contribution is 2.31. The van der Waals surface area contributed by atoms with E-state index in [0.29, 0.717) is 25.1 Å². The third kappa shape index (κ3) is 7.20. The highest BCUT2D eigenvalue weighted by Gasteiger charge is 2.26. The maximum Gasteiger partial charge on any atom is 0.124 e. The molecule has 3 aromatic carbocycles. The van der Waals surface area contributed by atoms with Crippen molar-refractivity contribution in [3.8, 4) is 29.0 Å². The molecule has 0 saturated carbocycles. The number of ether oxygens (including phenoxy) is 1. The van der Waals surface area contributed by atoms with Gasteiger partial charge in [0, 0.05) is 24.1 Å². The number of hydrogen-bond donors (Lipinski definition) is 1. The average Bonchev–Trinajstić information content (AvgIpc) is 2.97.